The Bertz CT molecular complexity index is 683. The molecule has 0 aromatic heterocycles. The smallest absolute Gasteiger partial charge is 0.236 e. The van der Waals surface area contributed by atoms with Crippen LogP contribution >= 0.6 is 0 Å². The van der Waals surface area contributed by atoms with E-state index >= 15 is 0 Å². The highest BCUT2D eigenvalue weighted by Gasteiger charge is 2.49. The predicted molar refractivity (Wildman–Crippen MR) is 75.5 cm³/mol. The van der Waals surface area contributed by atoms with Gasteiger partial charge in [0.15, 0.2) is 5.78 Å². The first-order valence-electron chi connectivity index (χ1n) is 6.48. The highest BCUT2D eigenvalue weighted by molar-refractivity contribution is 6.17. The molecule has 0 spiro atoms. The molecule has 0 radical (unpaired) electrons. The summed E-state index contributed by atoms with van der Waals surface area (Å²) in [4.78, 5) is 24.4. The Morgan fingerprint density at radius 1 is 1.33 bits per heavy atom. The van der Waals surface area contributed by atoms with E-state index in [4.69, 9.17) is 4.74 Å². The SMILES string of the molecule is CC#Cc1cc(F)c(C2C(=O)NC(C)(C)C2=O)c(OC)c1. The third kappa shape index (κ3) is 2.49. The Balaban J connectivity index is 2.61. The van der Waals surface area contributed by atoms with Crippen molar-refractivity contribution in [1.82, 2.24) is 5.32 Å². The monoisotopic (exact) mass is 289 g/mol. The summed E-state index contributed by atoms with van der Waals surface area (Å²) in [6, 6.07) is 2.74. The van der Waals surface area contributed by atoms with E-state index in [1.165, 1.54) is 19.2 Å². The number of methoxy groups -OCH3 is 1. The summed E-state index contributed by atoms with van der Waals surface area (Å²) in [5.41, 5.74) is -0.617. The number of benzene rings is 1. The normalized spacial score (nSPS) is 19.8. The van der Waals surface area contributed by atoms with Crippen LogP contribution in [0.5, 0.6) is 5.75 Å². The van der Waals surface area contributed by atoms with Crippen LogP contribution in [0.15, 0.2) is 12.1 Å². The Labute approximate surface area is 122 Å². The molecule has 1 fully saturated rings. The van der Waals surface area contributed by atoms with Gasteiger partial charge in [-0.05, 0) is 32.9 Å². The van der Waals surface area contributed by atoms with Crippen molar-refractivity contribution in [2.75, 3.05) is 7.11 Å². The van der Waals surface area contributed by atoms with Crippen LogP contribution in [0.1, 0.15) is 37.8 Å². The molecule has 1 aliphatic heterocycles. The lowest BCUT2D eigenvalue weighted by Gasteiger charge is -2.16. The molecule has 110 valence electrons. The molecule has 1 aliphatic rings. The molecule has 1 saturated heterocycles. The molecule has 0 aliphatic carbocycles. The standard InChI is InChI=1S/C16H16FNO3/c1-5-6-9-7-10(17)12(11(8-9)21-4)13-14(19)16(2,3)18-15(13)20/h7-8,13H,1-4H3,(H,18,20). The van der Waals surface area contributed by atoms with E-state index in [2.05, 4.69) is 17.2 Å². The summed E-state index contributed by atoms with van der Waals surface area (Å²) in [5, 5.41) is 2.57. The molecule has 1 atom stereocenters. The zero-order valence-corrected chi connectivity index (χ0v) is 12.3. The van der Waals surface area contributed by atoms with Crippen LogP contribution < -0.4 is 10.1 Å². The molecule has 0 saturated carbocycles. The minimum absolute atomic E-state index is 0.0350. The van der Waals surface area contributed by atoms with Crippen LogP contribution in [-0.4, -0.2) is 24.3 Å². The molecule has 1 amide bonds. The van der Waals surface area contributed by atoms with Crippen molar-refractivity contribution in [3.05, 3.63) is 29.1 Å². The van der Waals surface area contributed by atoms with Gasteiger partial charge >= 0.3 is 0 Å². The number of hydrogen-bond donors (Lipinski definition) is 1. The molecule has 1 heterocycles. The van der Waals surface area contributed by atoms with Crippen molar-refractivity contribution >= 4 is 11.7 Å². The average molecular weight is 289 g/mol. The van der Waals surface area contributed by atoms with Crippen molar-refractivity contribution in [1.29, 1.82) is 0 Å². The highest BCUT2D eigenvalue weighted by Crippen LogP contribution is 2.37. The zero-order valence-electron chi connectivity index (χ0n) is 12.3. The van der Waals surface area contributed by atoms with E-state index < -0.39 is 23.2 Å². The molecule has 5 heteroatoms. The number of ketones is 1. The van der Waals surface area contributed by atoms with E-state index in [0.29, 0.717) is 5.56 Å². The Kier molecular flexibility index (Phi) is 3.73. The first-order valence-corrected chi connectivity index (χ1v) is 6.48. The second-order valence-corrected chi connectivity index (χ2v) is 5.36. The molecule has 1 aromatic carbocycles. The van der Waals surface area contributed by atoms with Gasteiger partial charge in [0.25, 0.3) is 0 Å². The van der Waals surface area contributed by atoms with Crippen LogP contribution in [0.3, 0.4) is 0 Å². The van der Waals surface area contributed by atoms with Gasteiger partial charge in [0.1, 0.15) is 17.5 Å². The van der Waals surface area contributed by atoms with E-state index in [-0.39, 0.29) is 17.1 Å². The third-order valence-electron chi connectivity index (χ3n) is 3.45. The number of carbonyl (C=O) groups excluding carboxylic acids is 2. The second kappa shape index (κ2) is 5.21. The first-order chi connectivity index (χ1) is 9.81. The lowest BCUT2D eigenvalue weighted by molar-refractivity contribution is -0.125. The zero-order chi connectivity index (χ0) is 15.8. The second-order valence-electron chi connectivity index (χ2n) is 5.36. The lowest BCUT2D eigenvalue weighted by Crippen LogP contribution is -2.39. The summed E-state index contributed by atoms with van der Waals surface area (Å²) < 4.78 is 19.5. The number of amides is 1. The third-order valence-corrected chi connectivity index (χ3v) is 3.45. The van der Waals surface area contributed by atoms with Gasteiger partial charge < -0.3 is 10.1 Å². The van der Waals surface area contributed by atoms with Crippen LogP contribution in [0.4, 0.5) is 4.39 Å². The number of rotatable bonds is 2. The van der Waals surface area contributed by atoms with Gasteiger partial charge in [-0.1, -0.05) is 5.92 Å². The molecule has 0 bridgehead atoms. The molecule has 21 heavy (non-hydrogen) atoms. The maximum absolute atomic E-state index is 14.4. The maximum atomic E-state index is 14.4. The largest absolute Gasteiger partial charge is 0.496 e. The number of hydrogen-bond acceptors (Lipinski definition) is 3. The van der Waals surface area contributed by atoms with Gasteiger partial charge in [-0.25, -0.2) is 4.39 Å². The minimum Gasteiger partial charge on any atom is -0.496 e. The fraction of sp³-hybridized carbons (Fsp3) is 0.375. The Morgan fingerprint density at radius 2 is 2.00 bits per heavy atom. The van der Waals surface area contributed by atoms with Gasteiger partial charge in [-0.15, -0.1) is 5.92 Å². The van der Waals surface area contributed by atoms with Crippen molar-refractivity contribution in [2.24, 2.45) is 0 Å². The summed E-state index contributed by atoms with van der Waals surface area (Å²) in [6.45, 7) is 4.82. The summed E-state index contributed by atoms with van der Waals surface area (Å²) in [6.07, 6.45) is 0. The highest BCUT2D eigenvalue weighted by atomic mass is 19.1. The lowest BCUT2D eigenvalue weighted by atomic mass is 9.88. The molecule has 4 nitrogen and oxygen atoms in total. The molecule has 1 unspecified atom stereocenters. The van der Waals surface area contributed by atoms with Crippen LogP contribution in [0.2, 0.25) is 0 Å². The van der Waals surface area contributed by atoms with E-state index in [0.717, 1.165) is 0 Å². The van der Waals surface area contributed by atoms with Gasteiger partial charge in [-0.2, -0.15) is 0 Å². The van der Waals surface area contributed by atoms with E-state index in [1.807, 2.05) is 0 Å². The fourth-order valence-electron chi connectivity index (χ4n) is 2.44. The maximum Gasteiger partial charge on any atom is 0.236 e. The van der Waals surface area contributed by atoms with Gasteiger partial charge in [0, 0.05) is 11.1 Å². The average Bonchev–Trinajstić information content (AvgIpc) is 2.59. The van der Waals surface area contributed by atoms with E-state index in [1.54, 1.807) is 20.8 Å². The van der Waals surface area contributed by atoms with Gasteiger partial charge in [0.2, 0.25) is 5.91 Å². The quantitative estimate of drug-likeness (QED) is 0.667. The minimum atomic E-state index is -1.20. The van der Waals surface area contributed by atoms with Crippen LogP contribution in [0.25, 0.3) is 0 Å². The van der Waals surface area contributed by atoms with Gasteiger partial charge in [-0.3, -0.25) is 9.59 Å². The Hall–Kier alpha value is -2.35. The predicted octanol–water partition coefficient (Wildman–Crippen LogP) is 1.77. The molecule has 1 N–H and O–H groups in total. The van der Waals surface area contributed by atoms with E-state index in [9.17, 15) is 14.0 Å². The van der Waals surface area contributed by atoms with Crippen molar-refractivity contribution < 1.29 is 18.7 Å². The number of nitrogens with one attached hydrogen (secondary N) is 1. The van der Waals surface area contributed by atoms with Crippen LogP contribution in [-0.2, 0) is 9.59 Å². The Morgan fingerprint density at radius 3 is 2.48 bits per heavy atom. The summed E-state index contributed by atoms with van der Waals surface area (Å²) in [5.74, 6) is 2.78. The number of ether oxygens (including phenoxy) is 1. The van der Waals surface area contributed by atoms with Crippen molar-refractivity contribution in [3.63, 3.8) is 0 Å². The van der Waals surface area contributed by atoms with Crippen LogP contribution in [0, 0.1) is 17.7 Å². The molecule has 1 aromatic rings. The van der Waals surface area contributed by atoms with Crippen molar-refractivity contribution in [3.8, 4) is 17.6 Å². The summed E-state index contributed by atoms with van der Waals surface area (Å²) in [7, 11) is 1.36. The molecular weight excluding hydrogens is 273 g/mol. The first kappa shape index (κ1) is 15.0. The van der Waals surface area contributed by atoms with Crippen molar-refractivity contribution in [2.45, 2.75) is 32.2 Å². The number of Topliss-reactive ketones (excluding diaryl/α,β-unsaturated/α-hetero) is 1. The summed E-state index contributed by atoms with van der Waals surface area (Å²) >= 11 is 0. The van der Waals surface area contributed by atoms with Gasteiger partial charge in [0.05, 0.1) is 12.6 Å². The molecule has 2 rings (SSSR count). The fourth-order valence-corrected chi connectivity index (χ4v) is 2.44. The topological polar surface area (TPSA) is 55.4 Å². The molecular formula is C16H16FNO3. The number of carbonyl (C=O) groups is 2. The number of halogens is 1.